The third-order valence-electron chi connectivity index (χ3n) is 3.95. The quantitative estimate of drug-likeness (QED) is 0.859. The average molecular weight is 342 g/mol. The average Bonchev–Trinajstić information content (AvgIpc) is 2.64. The summed E-state index contributed by atoms with van der Waals surface area (Å²) < 4.78 is 11.3. The predicted molar refractivity (Wildman–Crippen MR) is 88.7 cm³/mol. The fourth-order valence-electron chi connectivity index (χ4n) is 2.60. The number of pyridine rings is 1. The first-order chi connectivity index (χ1) is 12.1. The van der Waals surface area contributed by atoms with Crippen LogP contribution in [0.2, 0.25) is 0 Å². The van der Waals surface area contributed by atoms with Crippen molar-refractivity contribution in [2.24, 2.45) is 0 Å². The number of carbonyl (C=O) groups excluding carboxylic acids is 1. The Balaban J connectivity index is 1.66. The van der Waals surface area contributed by atoms with Crippen molar-refractivity contribution in [3.63, 3.8) is 0 Å². The van der Waals surface area contributed by atoms with Crippen molar-refractivity contribution in [1.82, 2.24) is 10.3 Å². The van der Waals surface area contributed by atoms with Crippen molar-refractivity contribution in [3.8, 4) is 5.75 Å². The highest BCUT2D eigenvalue weighted by Crippen LogP contribution is 2.19. The lowest BCUT2D eigenvalue weighted by Crippen LogP contribution is -2.51. The standard InChI is InChI=1S/C18H18N2O5/c21-17(12-5-8-19-9-6-12)20-15-7-10-24-11-16(15)25-14-3-1-13(2-4-14)18(22)23/h1-6,8-9,15-16H,7,10-11H2,(H,20,21)(H,22,23)/t15-,16-/m1/s1. The van der Waals surface area contributed by atoms with E-state index in [1.807, 2.05) is 0 Å². The van der Waals surface area contributed by atoms with Gasteiger partial charge in [-0.05, 0) is 42.8 Å². The van der Waals surface area contributed by atoms with Crippen LogP contribution in [0, 0.1) is 0 Å². The van der Waals surface area contributed by atoms with Gasteiger partial charge in [-0.15, -0.1) is 0 Å². The maximum absolute atomic E-state index is 12.3. The van der Waals surface area contributed by atoms with E-state index in [0.717, 1.165) is 0 Å². The minimum atomic E-state index is -0.991. The zero-order valence-electron chi connectivity index (χ0n) is 13.4. The van der Waals surface area contributed by atoms with E-state index < -0.39 is 5.97 Å². The summed E-state index contributed by atoms with van der Waals surface area (Å²) >= 11 is 0. The van der Waals surface area contributed by atoms with Crippen molar-refractivity contribution >= 4 is 11.9 Å². The fourth-order valence-corrected chi connectivity index (χ4v) is 2.60. The van der Waals surface area contributed by atoms with Gasteiger partial charge in [0.15, 0.2) is 0 Å². The molecule has 1 aromatic heterocycles. The molecule has 0 saturated carbocycles. The van der Waals surface area contributed by atoms with Crippen LogP contribution in [-0.4, -0.2) is 47.3 Å². The number of rotatable bonds is 5. The van der Waals surface area contributed by atoms with E-state index in [1.165, 1.54) is 12.1 Å². The van der Waals surface area contributed by atoms with Gasteiger partial charge in [-0.25, -0.2) is 4.79 Å². The van der Waals surface area contributed by atoms with Gasteiger partial charge < -0.3 is 19.9 Å². The van der Waals surface area contributed by atoms with Crippen LogP contribution in [0.1, 0.15) is 27.1 Å². The van der Waals surface area contributed by atoms with Crippen LogP contribution >= 0.6 is 0 Å². The summed E-state index contributed by atoms with van der Waals surface area (Å²) in [6, 6.07) is 9.25. The first-order valence-corrected chi connectivity index (χ1v) is 7.92. The molecule has 0 spiro atoms. The van der Waals surface area contributed by atoms with Crippen LogP contribution in [0.4, 0.5) is 0 Å². The maximum atomic E-state index is 12.3. The van der Waals surface area contributed by atoms with E-state index in [9.17, 15) is 9.59 Å². The van der Waals surface area contributed by atoms with E-state index in [0.29, 0.717) is 30.9 Å². The van der Waals surface area contributed by atoms with Crippen LogP contribution in [-0.2, 0) is 4.74 Å². The van der Waals surface area contributed by atoms with Crippen LogP contribution in [0.15, 0.2) is 48.8 Å². The lowest BCUT2D eigenvalue weighted by Gasteiger charge is -2.32. The van der Waals surface area contributed by atoms with Gasteiger partial charge in [-0.1, -0.05) is 0 Å². The molecule has 7 nitrogen and oxygen atoms in total. The molecule has 0 aliphatic carbocycles. The zero-order chi connectivity index (χ0) is 17.6. The Morgan fingerprint density at radius 2 is 1.84 bits per heavy atom. The summed E-state index contributed by atoms with van der Waals surface area (Å²) in [6.45, 7) is 0.890. The summed E-state index contributed by atoms with van der Waals surface area (Å²) in [6.07, 6.45) is 3.41. The van der Waals surface area contributed by atoms with E-state index >= 15 is 0 Å². The van der Waals surface area contributed by atoms with Crippen molar-refractivity contribution in [2.45, 2.75) is 18.6 Å². The molecule has 0 unspecified atom stereocenters. The molecule has 1 aromatic carbocycles. The second kappa shape index (κ2) is 7.76. The number of carboxylic acids is 1. The van der Waals surface area contributed by atoms with Crippen molar-refractivity contribution < 1.29 is 24.2 Å². The number of nitrogens with one attached hydrogen (secondary N) is 1. The highest BCUT2D eigenvalue weighted by molar-refractivity contribution is 5.94. The molecule has 0 radical (unpaired) electrons. The molecule has 0 bridgehead atoms. The number of carboxylic acid groups (broad SMARTS) is 1. The molecule has 3 rings (SSSR count). The Bertz CT molecular complexity index is 733. The van der Waals surface area contributed by atoms with Gasteiger partial charge >= 0.3 is 5.97 Å². The summed E-state index contributed by atoms with van der Waals surface area (Å²) in [7, 11) is 0. The molecule has 1 amide bonds. The van der Waals surface area contributed by atoms with Crippen LogP contribution in [0.25, 0.3) is 0 Å². The van der Waals surface area contributed by atoms with Gasteiger partial charge in [-0.2, -0.15) is 0 Å². The molecule has 25 heavy (non-hydrogen) atoms. The fraction of sp³-hybridized carbons (Fsp3) is 0.278. The van der Waals surface area contributed by atoms with Gasteiger partial charge in [0.25, 0.3) is 5.91 Å². The van der Waals surface area contributed by atoms with Crippen LogP contribution in [0.3, 0.4) is 0 Å². The molecule has 2 heterocycles. The number of carbonyl (C=O) groups is 2. The van der Waals surface area contributed by atoms with E-state index in [2.05, 4.69) is 10.3 Å². The maximum Gasteiger partial charge on any atom is 0.335 e. The number of aromatic nitrogens is 1. The van der Waals surface area contributed by atoms with E-state index in [4.69, 9.17) is 14.6 Å². The molecule has 1 saturated heterocycles. The molecule has 2 N–H and O–H groups in total. The molecular formula is C18H18N2O5. The van der Waals surface area contributed by atoms with Crippen molar-refractivity contribution in [3.05, 3.63) is 59.9 Å². The summed E-state index contributed by atoms with van der Waals surface area (Å²) in [4.78, 5) is 27.1. The second-order valence-corrected chi connectivity index (χ2v) is 5.67. The number of nitrogens with zero attached hydrogens (tertiary/aromatic N) is 1. The molecule has 1 aliphatic heterocycles. The highest BCUT2D eigenvalue weighted by Gasteiger charge is 2.29. The Kier molecular flexibility index (Phi) is 5.25. The Hall–Kier alpha value is -2.93. The number of amides is 1. The number of benzene rings is 1. The third-order valence-corrected chi connectivity index (χ3v) is 3.95. The number of hydrogen-bond donors (Lipinski definition) is 2. The van der Waals surface area contributed by atoms with E-state index in [-0.39, 0.29) is 23.6 Å². The number of ether oxygens (including phenoxy) is 2. The molecule has 1 aliphatic rings. The zero-order valence-corrected chi connectivity index (χ0v) is 13.4. The predicted octanol–water partition coefficient (Wildman–Crippen LogP) is 1.75. The first kappa shape index (κ1) is 16.9. The summed E-state index contributed by atoms with van der Waals surface area (Å²) in [5, 5.41) is 11.9. The van der Waals surface area contributed by atoms with Gasteiger partial charge in [-0.3, -0.25) is 9.78 Å². The SMILES string of the molecule is O=C(O)c1ccc(O[C@@H]2COCC[C@H]2NC(=O)c2ccncc2)cc1. The lowest BCUT2D eigenvalue weighted by molar-refractivity contribution is -0.0135. The minimum absolute atomic E-state index is 0.190. The van der Waals surface area contributed by atoms with Crippen LogP contribution in [0.5, 0.6) is 5.75 Å². The summed E-state index contributed by atoms with van der Waals surface area (Å²) in [5.41, 5.74) is 0.723. The monoisotopic (exact) mass is 342 g/mol. The largest absolute Gasteiger partial charge is 0.486 e. The normalized spacial score (nSPS) is 19.8. The highest BCUT2D eigenvalue weighted by atomic mass is 16.5. The Labute approximate surface area is 144 Å². The third kappa shape index (κ3) is 4.33. The molecule has 2 atom stereocenters. The Morgan fingerprint density at radius 1 is 1.12 bits per heavy atom. The van der Waals surface area contributed by atoms with Crippen molar-refractivity contribution in [1.29, 1.82) is 0 Å². The number of aromatic carboxylic acids is 1. The van der Waals surface area contributed by atoms with Gasteiger partial charge in [0.2, 0.25) is 0 Å². The van der Waals surface area contributed by atoms with Gasteiger partial charge in [0.1, 0.15) is 11.9 Å². The van der Waals surface area contributed by atoms with Gasteiger partial charge in [0.05, 0.1) is 18.2 Å². The minimum Gasteiger partial charge on any atom is -0.486 e. The number of hydrogen-bond acceptors (Lipinski definition) is 5. The molecule has 2 aromatic rings. The molecular weight excluding hydrogens is 324 g/mol. The molecule has 1 fully saturated rings. The molecule has 130 valence electrons. The Morgan fingerprint density at radius 3 is 2.52 bits per heavy atom. The summed E-state index contributed by atoms with van der Waals surface area (Å²) in [5.74, 6) is -0.650. The molecule has 7 heteroatoms. The van der Waals surface area contributed by atoms with Gasteiger partial charge in [0, 0.05) is 24.6 Å². The smallest absolute Gasteiger partial charge is 0.335 e. The topological polar surface area (TPSA) is 97.8 Å². The first-order valence-electron chi connectivity index (χ1n) is 7.92. The van der Waals surface area contributed by atoms with Crippen molar-refractivity contribution in [2.75, 3.05) is 13.2 Å². The van der Waals surface area contributed by atoms with Crippen LogP contribution < -0.4 is 10.1 Å². The van der Waals surface area contributed by atoms with E-state index in [1.54, 1.807) is 36.7 Å². The lowest BCUT2D eigenvalue weighted by atomic mass is 10.1. The second-order valence-electron chi connectivity index (χ2n) is 5.67.